The minimum atomic E-state index is -0.339. The van der Waals surface area contributed by atoms with Crippen LogP contribution in [0.5, 0.6) is 0 Å². The van der Waals surface area contributed by atoms with Crippen molar-refractivity contribution in [2.24, 2.45) is 4.99 Å². The second kappa shape index (κ2) is 5.80. The van der Waals surface area contributed by atoms with Crippen molar-refractivity contribution in [1.82, 2.24) is 5.32 Å². The Labute approximate surface area is 94.4 Å². The van der Waals surface area contributed by atoms with Crippen LogP contribution in [-0.4, -0.2) is 24.6 Å². The SMILES string of the molecule is C/C=N/C(=O)c1cccc(C(=O)NCC)c1. The molecule has 0 aliphatic rings. The summed E-state index contributed by atoms with van der Waals surface area (Å²) < 4.78 is 0. The Balaban J connectivity index is 2.95. The minimum absolute atomic E-state index is 0.183. The summed E-state index contributed by atoms with van der Waals surface area (Å²) in [5, 5.41) is 2.67. The molecule has 4 heteroatoms. The Hall–Kier alpha value is -1.97. The zero-order valence-corrected chi connectivity index (χ0v) is 9.36. The highest BCUT2D eigenvalue weighted by molar-refractivity contribution is 6.01. The second-order valence-electron chi connectivity index (χ2n) is 3.13. The molecule has 0 spiro atoms. The molecule has 1 aromatic rings. The molecule has 0 bridgehead atoms. The van der Waals surface area contributed by atoms with Gasteiger partial charge in [0, 0.05) is 23.9 Å². The lowest BCUT2D eigenvalue weighted by atomic mass is 10.1. The van der Waals surface area contributed by atoms with Crippen LogP contribution >= 0.6 is 0 Å². The average molecular weight is 218 g/mol. The maximum atomic E-state index is 11.5. The van der Waals surface area contributed by atoms with Gasteiger partial charge in [-0.2, -0.15) is 0 Å². The third kappa shape index (κ3) is 3.02. The molecule has 0 fully saturated rings. The summed E-state index contributed by atoms with van der Waals surface area (Å²) in [6, 6.07) is 6.51. The van der Waals surface area contributed by atoms with Crippen molar-refractivity contribution in [3.63, 3.8) is 0 Å². The molecule has 0 aromatic heterocycles. The van der Waals surface area contributed by atoms with E-state index in [0.29, 0.717) is 17.7 Å². The van der Waals surface area contributed by atoms with Gasteiger partial charge in [0.25, 0.3) is 11.8 Å². The highest BCUT2D eigenvalue weighted by Gasteiger charge is 2.08. The first-order valence-electron chi connectivity index (χ1n) is 5.10. The lowest BCUT2D eigenvalue weighted by Crippen LogP contribution is -2.22. The predicted molar refractivity (Wildman–Crippen MR) is 62.9 cm³/mol. The van der Waals surface area contributed by atoms with Crippen LogP contribution in [0.1, 0.15) is 34.6 Å². The molecule has 16 heavy (non-hydrogen) atoms. The van der Waals surface area contributed by atoms with E-state index in [4.69, 9.17) is 0 Å². The van der Waals surface area contributed by atoms with Crippen LogP contribution in [-0.2, 0) is 0 Å². The van der Waals surface area contributed by atoms with Crippen LogP contribution in [0.15, 0.2) is 29.3 Å². The zero-order chi connectivity index (χ0) is 12.0. The molecule has 1 N–H and O–H groups in total. The molecule has 0 saturated carbocycles. The number of hydrogen-bond acceptors (Lipinski definition) is 2. The Kier molecular flexibility index (Phi) is 4.39. The van der Waals surface area contributed by atoms with Crippen molar-refractivity contribution in [1.29, 1.82) is 0 Å². The summed E-state index contributed by atoms with van der Waals surface area (Å²) in [6.07, 6.45) is 1.43. The molecule has 0 heterocycles. The van der Waals surface area contributed by atoms with Crippen molar-refractivity contribution in [2.45, 2.75) is 13.8 Å². The van der Waals surface area contributed by atoms with E-state index in [1.807, 2.05) is 6.92 Å². The summed E-state index contributed by atoms with van der Waals surface area (Å²) in [6.45, 7) is 4.07. The van der Waals surface area contributed by atoms with Gasteiger partial charge < -0.3 is 5.32 Å². The molecule has 0 unspecified atom stereocenters. The lowest BCUT2D eigenvalue weighted by molar-refractivity contribution is 0.0956. The van der Waals surface area contributed by atoms with Gasteiger partial charge in [0.2, 0.25) is 0 Å². The number of nitrogens with zero attached hydrogens (tertiary/aromatic N) is 1. The topological polar surface area (TPSA) is 58.5 Å². The van der Waals surface area contributed by atoms with E-state index in [2.05, 4.69) is 10.3 Å². The third-order valence-corrected chi connectivity index (χ3v) is 1.96. The van der Waals surface area contributed by atoms with Crippen molar-refractivity contribution in [3.05, 3.63) is 35.4 Å². The molecule has 84 valence electrons. The number of aliphatic imine (C=N–C) groups is 1. The highest BCUT2D eigenvalue weighted by atomic mass is 16.2. The van der Waals surface area contributed by atoms with E-state index in [-0.39, 0.29) is 11.8 Å². The third-order valence-electron chi connectivity index (χ3n) is 1.96. The van der Waals surface area contributed by atoms with Crippen molar-refractivity contribution >= 4 is 18.0 Å². The van der Waals surface area contributed by atoms with E-state index in [9.17, 15) is 9.59 Å². The fourth-order valence-electron chi connectivity index (χ4n) is 1.25. The van der Waals surface area contributed by atoms with Gasteiger partial charge in [-0.15, -0.1) is 0 Å². The van der Waals surface area contributed by atoms with Gasteiger partial charge in [-0.25, -0.2) is 4.99 Å². The Morgan fingerprint density at radius 1 is 1.38 bits per heavy atom. The second-order valence-corrected chi connectivity index (χ2v) is 3.13. The predicted octanol–water partition coefficient (Wildman–Crippen LogP) is 1.67. The van der Waals surface area contributed by atoms with E-state index in [1.54, 1.807) is 31.2 Å². The number of amides is 2. The first-order chi connectivity index (χ1) is 7.69. The zero-order valence-electron chi connectivity index (χ0n) is 9.36. The Morgan fingerprint density at radius 3 is 2.69 bits per heavy atom. The summed E-state index contributed by atoms with van der Waals surface area (Å²) in [5.41, 5.74) is 0.890. The maximum absolute atomic E-state index is 11.5. The Morgan fingerprint density at radius 2 is 2.06 bits per heavy atom. The monoisotopic (exact) mass is 218 g/mol. The molecular weight excluding hydrogens is 204 g/mol. The summed E-state index contributed by atoms with van der Waals surface area (Å²) in [5.74, 6) is -0.522. The number of rotatable bonds is 3. The highest BCUT2D eigenvalue weighted by Crippen LogP contribution is 2.06. The largest absolute Gasteiger partial charge is 0.352 e. The van der Waals surface area contributed by atoms with Gasteiger partial charge in [-0.05, 0) is 32.0 Å². The molecule has 0 aliphatic carbocycles. The number of hydrogen-bond donors (Lipinski definition) is 1. The van der Waals surface area contributed by atoms with Gasteiger partial charge in [-0.3, -0.25) is 9.59 Å². The molecule has 2 amide bonds. The van der Waals surface area contributed by atoms with Crippen LogP contribution in [0.4, 0.5) is 0 Å². The van der Waals surface area contributed by atoms with Crippen LogP contribution in [0.25, 0.3) is 0 Å². The van der Waals surface area contributed by atoms with Crippen LogP contribution in [0.2, 0.25) is 0 Å². The van der Waals surface area contributed by atoms with Gasteiger partial charge in [0.1, 0.15) is 0 Å². The summed E-state index contributed by atoms with van der Waals surface area (Å²) in [4.78, 5) is 26.6. The quantitative estimate of drug-likeness (QED) is 0.784. The molecule has 1 aromatic carbocycles. The maximum Gasteiger partial charge on any atom is 0.276 e. The number of benzene rings is 1. The normalized spacial score (nSPS) is 10.4. The lowest BCUT2D eigenvalue weighted by Gasteiger charge is -2.02. The molecular formula is C12H14N2O2. The van der Waals surface area contributed by atoms with Crippen LogP contribution < -0.4 is 5.32 Å². The van der Waals surface area contributed by atoms with Gasteiger partial charge >= 0.3 is 0 Å². The van der Waals surface area contributed by atoms with Crippen molar-refractivity contribution in [3.8, 4) is 0 Å². The van der Waals surface area contributed by atoms with E-state index < -0.39 is 0 Å². The fourth-order valence-corrected chi connectivity index (χ4v) is 1.25. The molecule has 0 radical (unpaired) electrons. The van der Waals surface area contributed by atoms with E-state index >= 15 is 0 Å². The first-order valence-corrected chi connectivity index (χ1v) is 5.10. The minimum Gasteiger partial charge on any atom is -0.352 e. The Bertz CT molecular complexity index is 425. The number of nitrogens with one attached hydrogen (secondary N) is 1. The molecule has 1 rings (SSSR count). The molecule has 4 nitrogen and oxygen atoms in total. The van der Waals surface area contributed by atoms with E-state index in [1.165, 1.54) is 6.21 Å². The van der Waals surface area contributed by atoms with Gasteiger partial charge in [0.15, 0.2) is 0 Å². The van der Waals surface area contributed by atoms with Crippen molar-refractivity contribution in [2.75, 3.05) is 6.54 Å². The molecule has 0 saturated heterocycles. The van der Waals surface area contributed by atoms with Crippen molar-refractivity contribution < 1.29 is 9.59 Å². The van der Waals surface area contributed by atoms with Crippen LogP contribution in [0.3, 0.4) is 0 Å². The summed E-state index contributed by atoms with van der Waals surface area (Å²) >= 11 is 0. The summed E-state index contributed by atoms with van der Waals surface area (Å²) in [7, 11) is 0. The number of carbonyl (C=O) groups excluding carboxylic acids is 2. The van der Waals surface area contributed by atoms with Crippen LogP contribution in [0, 0.1) is 0 Å². The molecule has 0 aliphatic heterocycles. The fraction of sp³-hybridized carbons (Fsp3) is 0.250. The van der Waals surface area contributed by atoms with Gasteiger partial charge in [-0.1, -0.05) is 6.07 Å². The van der Waals surface area contributed by atoms with E-state index in [0.717, 1.165) is 0 Å². The standard InChI is InChI=1S/C12H14N2O2/c1-3-13-11(15)9-6-5-7-10(8-9)12(16)14-4-2/h3,5-8H,4H2,1-2H3,(H,14,16)/b13-3+. The molecule has 0 atom stereocenters. The average Bonchev–Trinajstić information content (AvgIpc) is 2.30. The smallest absolute Gasteiger partial charge is 0.276 e. The number of carbonyl (C=O) groups is 2. The first kappa shape index (κ1) is 12.1. The van der Waals surface area contributed by atoms with Gasteiger partial charge in [0.05, 0.1) is 0 Å².